The molecule has 138 valence electrons. The van der Waals surface area contributed by atoms with Crippen molar-refractivity contribution in [2.45, 2.75) is 10.6 Å². The summed E-state index contributed by atoms with van der Waals surface area (Å²) >= 11 is 1.77. The zero-order valence-corrected chi connectivity index (χ0v) is 16.1. The van der Waals surface area contributed by atoms with E-state index >= 15 is 0 Å². The largest absolute Gasteiger partial charge is 0.497 e. The number of carbonyl (C=O) groups is 1. The van der Waals surface area contributed by atoms with E-state index in [2.05, 4.69) is 17.4 Å². The Balaban J connectivity index is 1.64. The van der Waals surface area contributed by atoms with Gasteiger partial charge in [-0.05, 0) is 42.0 Å². The maximum absolute atomic E-state index is 12.5. The minimum Gasteiger partial charge on any atom is -0.497 e. The number of thioether (sulfide) groups is 1. The maximum atomic E-state index is 12.5. The topological polar surface area (TPSA) is 47.6 Å². The average molecular weight is 379 g/mol. The molecular formula is C22H21NO3S. The summed E-state index contributed by atoms with van der Waals surface area (Å²) in [6.45, 7) is 0. The van der Waals surface area contributed by atoms with Crippen LogP contribution in [0.1, 0.15) is 15.9 Å². The molecule has 0 aromatic heterocycles. The highest BCUT2D eigenvalue weighted by Crippen LogP contribution is 2.29. The lowest BCUT2D eigenvalue weighted by molar-refractivity contribution is 0.102. The van der Waals surface area contributed by atoms with E-state index in [0.717, 1.165) is 5.75 Å². The van der Waals surface area contributed by atoms with E-state index in [0.29, 0.717) is 22.7 Å². The van der Waals surface area contributed by atoms with Gasteiger partial charge < -0.3 is 14.8 Å². The van der Waals surface area contributed by atoms with Crippen LogP contribution in [0.25, 0.3) is 0 Å². The Morgan fingerprint density at radius 3 is 2.33 bits per heavy atom. The molecule has 1 amide bonds. The Bertz CT molecular complexity index is 895. The number of rotatable bonds is 7. The summed E-state index contributed by atoms with van der Waals surface area (Å²) in [4.78, 5) is 13.8. The number of nitrogens with one attached hydrogen (secondary N) is 1. The molecule has 0 bridgehead atoms. The lowest BCUT2D eigenvalue weighted by Gasteiger charge is -2.12. The molecule has 4 nitrogen and oxygen atoms in total. The van der Waals surface area contributed by atoms with Crippen LogP contribution >= 0.6 is 11.8 Å². The van der Waals surface area contributed by atoms with E-state index in [1.807, 2.05) is 42.5 Å². The highest BCUT2D eigenvalue weighted by atomic mass is 32.2. The van der Waals surface area contributed by atoms with Gasteiger partial charge in [-0.25, -0.2) is 0 Å². The molecule has 3 aromatic carbocycles. The van der Waals surface area contributed by atoms with Crippen molar-refractivity contribution in [3.05, 3.63) is 83.9 Å². The van der Waals surface area contributed by atoms with E-state index in [9.17, 15) is 4.79 Å². The van der Waals surface area contributed by atoms with Crippen molar-refractivity contribution >= 4 is 23.4 Å². The molecule has 0 spiro atoms. The summed E-state index contributed by atoms with van der Waals surface area (Å²) in [5.41, 5.74) is 2.37. The van der Waals surface area contributed by atoms with Gasteiger partial charge >= 0.3 is 0 Å². The van der Waals surface area contributed by atoms with Crippen molar-refractivity contribution < 1.29 is 14.3 Å². The fraction of sp³-hybridized carbons (Fsp3) is 0.136. The Labute approximate surface area is 163 Å². The molecule has 0 aliphatic heterocycles. The Hall–Kier alpha value is -2.92. The van der Waals surface area contributed by atoms with Crippen LogP contribution < -0.4 is 14.8 Å². The molecule has 0 fully saturated rings. The number of benzene rings is 3. The summed E-state index contributed by atoms with van der Waals surface area (Å²) in [6, 6.07) is 23.2. The van der Waals surface area contributed by atoms with Crippen LogP contribution in [0.15, 0.2) is 77.7 Å². The first-order chi connectivity index (χ1) is 13.2. The van der Waals surface area contributed by atoms with E-state index < -0.39 is 0 Å². The van der Waals surface area contributed by atoms with Crippen molar-refractivity contribution in [2.24, 2.45) is 0 Å². The van der Waals surface area contributed by atoms with Gasteiger partial charge in [0, 0.05) is 22.3 Å². The van der Waals surface area contributed by atoms with Crippen LogP contribution in [0.3, 0.4) is 0 Å². The number of carbonyl (C=O) groups excluding carboxylic acids is 1. The highest BCUT2D eigenvalue weighted by Gasteiger charge is 2.11. The third kappa shape index (κ3) is 5.05. The molecule has 0 saturated heterocycles. The molecule has 3 rings (SSSR count). The average Bonchev–Trinajstić information content (AvgIpc) is 2.73. The Morgan fingerprint density at radius 1 is 0.926 bits per heavy atom. The van der Waals surface area contributed by atoms with Gasteiger partial charge in [0.2, 0.25) is 0 Å². The smallest absolute Gasteiger partial charge is 0.255 e. The van der Waals surface area contributed by atoms with Crippen LogP contribution in [0.2, 0.25) is 0 Å². The van der Waals surface area contributed by atoms with Crippen LogP contribution in [0, 0.1) is 0 Å². The third-order valence-corrected chi connectivity index (χ3v) is 5.10. The second-order valence-corrected chi connectivity index (χ2v) is 6.87. The summed E-state index contributed by atoms with van der Waals surface area (Å²) < 4.78 is 10.5. The Morgan fingerprint density at radius 2 is 1.67 bits per heavy atom. The molecule has 3 aromatic rings. The van der Waals surface area contributed by atoms with Crippen LogP contribution in [0.4, 0.5) is 5.69 Å². The predicted octanol–water partition coefficient (Wildman–Crippen LogP) is 5.25. The van der Waals surface area contributed by atoms with Gasteiger partial charge in [-0.1, -0.05) is 30.3 Å². The number of anilines is 1. The zero-order chi connectivity index (χ0) is 19.1. The number of amides is 1. The van der Waals surface area contributed by atoms with Gasteiger partial charge in [0.1, 0.15) is 11.5 Å². The lowest BCUT2D eigenvalue weighted by atomic mass is 10.1. The van der Waals surface area contributed by atoms with Crippen molar-refractivity contribution in [3.8, 4) is 11.5 Å². The first kappa shape index (κ1) is 18.9. The van der Waals surface area contributed by atoms with E-state index in [4.69, 9.17) is 9.47 Å². The molecule has 0 atom stereocenters. The monoisotopic (exact) mass is 379 g/mol. The predicted molar refractivity (Wildman–Crippen MR) is 110 cm³/mol. The normalized spacial score (nSPS) is 10.3. The molecule has 0 aliphatic rings. The van der Waals surface area contributed by atoms with Crippen molar-refractivity contribution in [1.29, 1.82) is 0 Å². The number of hydrogen-bond acceptors (Lipinski definition) is 4. The quantitative estimate of drug-likeness (QED) is 0.570. The molecular weight excluding hydrogens is 358 g/mol. The standard InChI is InChI=1S/C22H21NO3S/c1-25-18-12-13-20(21(14-18)26-2)23-22(24)17-10-8-16(9-11-17)15-27-19-6-4-3-5-7-19/h3-14H,15H2,1-2H3,(H,23,24). The molecule has 5 heteroatoms. The summed E-state index contributed by atoms with van der Waals surface area (Å²) in [7, 11) is 3.15. The van der Waals surface area contributed by atoms with Gasteiger partial charge in [0.05, 0.1) is 19.9 Å². The second kappa shape index (κ2) is 9.14. The first-order valence-electron chi connectivity index (χ1n) is 8.50. The minimum atomic E-state index is -0.180. The molecule has 27 heavy (non-hydrogen) atoms. The van der Waals surface area contributed by atoms with E-state index in [-0.39, 0.29) is 5.91 Å². The third-order valence-electron chi connectivity index (χ3n) is 4.02. The van der Waals surface area contributed by atoms with Gasteiger partial charge in [0.15, 0.2) is 0 Å². The molecule has 1 N–H and O–H groups in total. The highest BCUT2D eigenvalue weighted by molar-refractivity contribution is 7.98. The molecule has 0 aliphatic carbocycles. The van der Waals surface area contributed by atoms with Gasteiger partial charge in [-0.3, -0.25) is 4.79 Å². The Kier molecular flexibility index (Phi) is 6.39. The number of ether oxygens (including phenoxy) is 2. The summed E-state index contributed by atoms with van der Waals surface area (Å²) in [5.74, 6) is 1.91. The number of hydrogen-bond donors (Lipinski definition) is 1. The van der Waals surface area contributed by atoms with Crippen molar-refractivity contribution in [3.63, 3.8) is 0 Å². The van der Waals surface area contributed by atoms with Crippen molar-refractivity contribution in [1.82, 2.24) is 0 Å². The van der Waals surface area contributed by atoms with E-state index in [1.165, 1.54) is 10.5 Å². The van der Waals surface area contributed by atoms with Gasteiger partial charge in [-0.2, -0.15) is 0 Å². The van der Waals surface area contributed by atoms with E-state index in [1.54, 1.807) is 44.2 Å². The lowest BCUT2D eigenvalue weighted by Crippen LogP contribution is -2.12. The molecule has 0 saturated carbocycles. The van der Waals surface area contributed by atoms with Crippen LogP contribution in [-0.4, -0.2) is 20.1 Å². The number of methoxy groups -OCH3 is 2. The maximum Gasteiger partial charge on any atom is 0.255 e. The van der Waals surface area contributed by atoms with Gasteiger partial charge in [-0.15, -0.1) is 11.8 Å². The zero-order valence-electron chi connectivity index (χ0n) is 15.3. The van der Waals surface area contributed by atoms with Crippen LogP contribution in [-0.2, 0) is 5.75 Å². The fourth-order valence-electron chi connectivity index (χ4n) is 2.53. The van der Waals surface area contributed by atoms with Crippen molar-refractivity contribution in [2.75, 3.05) is 19.5 Å². The second-order valence-electron chi connectivity index (χ2n) is 5.82. The summed E-state index contributed by atoms with van der Waals surface area (Å²) in [6.07, 6.45) is 0. The molecule has 0 radical (unpaired) electrons. The molecule has 0 heterocycles. The minimum absolute atomic E-state index is 0.180. The van der Waals surface area contributed by atoms with Gasteiger partial charge in [0.25, 0.3) is 5.91 Å². The molecule has 0 unspecified atom stereocenters. The SMILES string of the molecule is COc1ccc(NC(=O)c2ccc(CSc3ccccc3)cc2)c(OC)c1. The summed E-state index contributed by atoms with van der Waals surface area (Å²) in [5, 5.41) is 2.88. The first-order valence-corrected chi connectivity index (χ1v) is 9.48. The fourth-order valence-corrected chi connectivity index (χ4v) is 3.41. The van der Waals surface area contributed by atoms with Crippen LogP contribution in [0.5, 0.6) is 11.5 Å².